The molecule has 1 N–H and O–H groups in total. The zero-order chi connectivity index (χ0) is 15.0. The highest BCUT2D eigenvalue weighted by atomic mass is 19.1. The SMILES string of the molecule is O=C(O)[C@@H]1C[C@@H]2CCCC[C@H]2N1Cc1cc(F)ccc1F. The summed E-state index contributed by atoms with van der Waals surface area (Å²) in [6.45, 7) is 0.168. The van der Waals surface area contributed by atoms with E-state index in [2.05, 4.69) is 0 Å². The minimum absolute atomic E-state index is 0.168. The minimum Gasteiger partial charge on any atom is -0.480 e. The van der Waals surface area contributed by atoms with Crippen molar-refractivity contribution in [3.63, 3.8) is 0 Å². The molecule has 5 heteroatoms. The van der Waals surface area contributed by atoms with Crippen molar-refractivity contribution in [2.45, 2.75) is 50.7 Å². The highest BCUT2D eigenvalue weighted by Crippen LogP contribution is 2.40. The standard InChI is InChI=1S/C16H19F2NO2/c17-12-5-6-13(18)11(7-12)9-19-14-4-2-1-3-10(14)8-15(19)16(20)21/h5-7,10,14-15H,1-4,8-9H2,(H,20,21)/t10-,14+,15-/m0/s1. The Balaban J connectivity index is 1.86. The number of benzene rings is 1. The maximum atomic E-state index is 13.8. The van der Waals surface area contributed by atoms with Gasteiger partial charge in [0.2, 0.25) is 0 Å². The van der Waals surface area contributed by atoms with Crippen molar-refractivity contribution in [1.29, 1.82) is 0 Å². The van der Waals surface area contributed by atoms with Gasteiger partial charge in [0.15, 0.2) is 0 Å². The number of aliphatic carboxylic acids is 1. The van der Waals surface area contributed by atoms with E-state index in [1.54, 1.807) is 0 Å². The third kappa shape index (κ3) is 2.79. The van der Waals surface area contributed by atoms with Gasteiger partial charge in [-0.15, -0.1) is 0 Å². The maximum absolute atomic E-state index is 13.8. The molecule has 2 fully saturated rings. The molecule has 1 heterocycles. The molecule has 3 atom stereocenters. The normalized spacial score (nSPS) is 29.3. The molecule has 1 aromatic rings. The van der Waals surface area contributed by atoms with Crippen LogP contribution in [0, 0.1) is 17.6 Å². The fraction of sp³-hybridized carbons (Fsp3) is 0.562. The molecule has 0 aromatic heterocycles. The van der Waals surface area contributed by atoms with Crippen molar-refractivity contribution >= 4 is 5.97 Å². The number of likely N-dealkylation sites (tertiary alicyclic amines) is 1. The Bertz CT molecular complexity index is 549. The Labute approximate surface area is 122 Å². The van der Waals surface area contributed by atoms with E-state index in [4.69, 9.17) is 0 Å². The van der Waals surface area contributed by atoms with Crippen LogP contribution in [0.3, 0.4) is 0 Å². The van der Waals surface area contributed by atoms with Crippen LogP contribution < -0.4 is 0 Å². The van der Waals surface area contributed by atoms with Crippen LogP contribution in [0.5, 0.6) is 0 Å². The van der Waals surface area contributed by atoms with Crippen LogP contribution in [-0.4, -0.2) is 28.1 Å². The Morgan fingerprint density at radius 2 is 2.05 bits per heavy atom. The summed E-state index contributed by atoms with van der Waals surface area (Å²) in [5, 5.41) is 9.42. The van der Waals surface area contributed by atoms with Crippen molar-refractivity contribution in [3.8, 4) is 0 Å². The summed E-state index contributed by atoms with van der Waals surface area (Å²) in [7, 11) is 0. The van der Waals surface area contributed by atoms with Gasteiger partial charge in [-0.2, -0.15) is 0 Å². The van der Waals surface area contributed by atoms with Crippen molar-refractivity contribution in [2.75, 3.05) is 0 Å². The molecular weight excluding hydrogens is 276 g/mol. The molecule has 3 rings (SSSR count). The first kappa shape index (κ1) is 14.4. The first-order valence-corrected chi connectivity index (χ1v) is 7.48. The summed E-state index contributed by atoms with van der Waals surface area (Å²) < 4.78 is 27.1. The highest BCUT2D eigenvalue weighted by molar-refractivity contribution is 5.74. The van der Waals surface area contributed by atoms with Crippen LogP contribution in [0.25, 0.3) is 0 Å². The quantitative estimate of drug-likeness (QED) is 0.931. The van der Waals surface area contributed by atoms with Gasteiger partial charge < -0.3 is 5.11 Å². The molecule has 0 bridgehead atoms. The van der Waals surface area contributed by atoms with Gasteiger partial charge in [-0.1, -0.05) is 12.8 Å². The Morgan fingerprint density at radius 1 is 1.29 bits per heavy atom. The predicted octanol–water partition coefficient (Wildman–Crippen LogP) is 3.18. The fourth-order valence-corrected chi connectivity index (χ4v) is 3.88. The predicted molar refractivity (Wildman–Crippen MR) is 73.7 cm³/mol. The maximum Gasteiger partial charge on any atom is 0.320 e. The smallest absolute Gasteiger partial charge is 0.320 e. The second-order valence-corrected chi connectivity index (χ2v) is 6.11. The van der Waals surface area contributed by atoms with E-state index in [1.807, 2.05) is 4.90 Å². The van der Waals surface area contributed by atoms with Gasteiger partial charge in [-0.3, -0.25) is 9.69 Å². The van der Waals surface area contributed by atoms with Crippen LogP contribution in [0.1, 0.15) is 37.7 Å². The van der Waals surface area contributed by atoms with E-state index >= 15 is 0 Å². The molecule has 0 amide bonds. The van der Waals surface area contributed by atoms with Gasteiger partial charge in [0, 0.05) is 18.2 Å². The number of hydrogen-bond donors (Lipinski definition) is 1. The summed E-state index contributed by atoms with van der Waals surface area (Å²) in [4.78, 5) is 13.4. The average molecular weight is 295 g/mol. The van der Waals surface area contributed by atoms with E-state index in [-0.39, 0.29) is 18.2 Å². The number of hydrogen-bond acceptors (Lipinski definition) is 2. The Kier molecular flexibility index (Phi) is 3.93. The molecule has 0 unspecified atom stereocenters. The lowest BCUT2D eigenvalue weighted by Gasteiger charge is -2.33. The summed E-state index contributed by atoms with van der Waals surface area (Å²) >= 11 is 0. The molecule has 21 heavy (non-hydrogen) atoms. The zero-order valence-electron chi connectivity index (χ0n) is 11.8. The van der Waals surface area contributed by atoms with Gasteiger partial charge in [0.25, 0.3) is 0 Å². The third-order valence-electron chi connectivity index (χ3n) is 4.87. The largest absolute Gasteiger partial charge is 0.480 e. The molecule has 0 radical (unpaired) electrons. The molecule has 1 aliphatic heterocycles. The second-order valence-electron chi connectivity index (χ2n) is 6.11. The van der Waals surface area contributed by atoms with E-state index in [0.717, 1.165) is 37.8 Å². The highest BCUT2D eigenvalue weighted by Gasteiger charge is 2.45. The van der Waals surface area contributed by atoms with Crippen molar-refractivity contribution in [2.24, 2.45) is 5.92 Å². The van der Waals surface area contributed by atoms with E-state index in [0.29, 0.717) is 12.3 Å². The van der Waals surface area contributed by atoms with E-state index in [1.165, 1.54) is 6.07 Å². The van der Waals surface area contributed by atoms with Gasteiger partial charge >= 0.3 is 5.97 Å². The van der Waals surface area contributed by atoms with Crippen molar-refractivity contribution < 1.29 is 18.7 Å². The molecule has 2 aliphatic rings. The van der Waals surface area contributed by atoms with Gasteiger partial charge in [-0.25, -0.2) is 8.78 Å². The summed E-state index contributed by atoms with van der Waals surface area (Å²) in [6.07, 6.45) is 4.82. The van der Waals surface area contributed by atoms with E-state index in [9.17, 15) is 18.7 Å². The number of carboxylic acid groups (broad SMARTS) is 1. The first-order valence-electron chi connectivity index (χ1n) is 7.48. The van der Waals surface area contributed by atoms with Crippen LogP contribution in [0.15, 0.2) is 18.2 Å². The van der Waals surface area contributed by atoms with Crippen LogP contribution in [0.4, 0.5) is 8.78 Å². The van der Waals surface area contributed by atoms with Gasteiger partial charge in [-0.05, 0) is 43.4 Å². The molecular formula is C16H19F2NO2. The Hall–Kier alpha value is -1.49. The number of nitrogens with zero attached hydrogens (tertiary/aromatic N) is 1. The molecule has 0 spiro atoms. The number of halogens is 2. The molecule has 1 saturated carbocycles. The molecule has 1 aromatic carbocycles. The van der Waals surface area contributed by atoms with Crippen molar-refractivity contribution in [3.05, 3.63) is 35.4 Å². The zero-order valence-corrected chi connectivity index (χ0v) is 11.8. The summed E-state index contributed by atoms with van der Waals surface area (Å²) in [6, 6.07) is 2.96. The lowest BCUT2D eigenvalue weighted by molar-refractivity contribution is -0.142. The Morgan fingerprint density at radius 3 is 2.81 bits per heavy atom. The minimum atomic E-state index is -0.860. The van der Waals surface area contributed by atoms with Crippen molar-refractivity contribution in [1.82, 2.24) is 4.90 Å². The first-order chi connectivity index (χ1) is 10.1. The number of rotatable bonds is 3. The lowest BCUT2D eigenvalue weighted by Crippen LogP contribution is -2.41. The summed E-state index contributed by atoms with van der Waals surface area (Å²) in [5.41, 5.74) is 0.243. The molecule has 114 valence electrons. The van der Waals surface area contributed by atoms with Crippen LogP contribution in [0.2, 0.25) is 0 Å². The molecule has 3 nitrogen and oxygen atoms in total. The number of carbonyl (C=O) groups is 1. The number of carboxylic acids is 1. The van der Waals surface area contributed by atoms with Crippen LogP contribution in [-0.2, 0) is 11.3 Å². The van der Waals surface area contributed by atoms with E-state index < -0.39 is 23.6 Å². The molecule has 1 saturated heterocycles. The van der Waals surface area contributed by atoms with Gasteiger partial charge in [0.05, 0.1) is 0 Å². The monoisotopic (exact) mass is 295 g/mol. The van der Waals surface area contributed by atoms with Crippen LogP contribution >= 0.6 is 0 Å². The summed E-state index contributed by atoms with van der Waals surface area (Å²) in [5.74, 6) is -1.45. The topological polar surface area (TPSA) is 40.5 Å². The average Bonchev–Trinajstić information content (AvgIpc) is 2.82. The van der Waals surface area contributed by atoms with Gasteiger partial charge in [0.1, 0.15) is 17.7 Å². The third-order valence-corrected chi connectivity index (χ3v) is 4.87. The fourth-order valence-electron chi connectivity index (χ4n) is 3.88. The molecule has 1 aliphatic carbocycles. The lowest BCUT2D eigenvalue weighted by atomic mass is 9.84. The second kappa shape index (κ2) is 5.72. The number of fused-ring (bicyclic) bond motifs is 1.